The van der Waals surface area contributed by atoms with E-state index in [2.05, 4.69) is 10.1 Å². The minimum absolute atomic E-state index is 0.0566. The molecule has 1 amide bonds. The highest BCUT2D eigenvalue weighted by Gasteiger charge is 2.46. The van der Waals surface area contributed by atoms with Crippen LogP contribution in [0.4, 0.5) is 14.6 Å². The second-order valence-electron chi connectivity index (χ2n) is 10.2. The fraction of sp³-hybridized carbons (Fsp3) is 0.200. The van der Waals surface area contributed by atoms with Gasteiger partial charge in [-0.05, 0) is 55.0 Å². The second kappa shape index (κ2) is 9.89. The molecule has 1 fully saturated rings. The average Bonchev–Trinajstić information content (AvgIpc) is 3.55. The number of benzene rings is 3. The zero-order chi connectivity index (χ0) is 28.0. The summed E-state index contributed by atoms with van der Waals surface area (Å²) in [5, 5.41) is 5.52. The van der Waals surface area contributed by atoms with Gasteiger partial charge in [0, 0.05) is 10.9 Å². The number of aromatic amines is 1. The highest BCUT2D eigenvalue weighted by atomic mass is 19.2. The number of nitrogens with one attached hydrogen (secondary N) is 1. The number of hydrogen-bond donors (Lipinski definition) is 2. The van der Waals surface area contributed by atoms with Crippen LogP contribution < -0.4 is 10.5 Å². The van der Waals surface area contributed by atoms with Gasteiger partial charge in [-0.3, -0.25) is 0 Å². The molecule has 2 atom stereocenters. The van der Waals surface area contributed by atoms with Gasteiger partial charge in [0.15, 0.2) is 17.6 Å². The van der Waals surface area contributed by atoms with Crippen LogP contribution in [0.3, 0.4) is 0 Å². The van der Waals surface area contributed by atoms with E-state index in [0.29, 0.717) is 48.3 Å². The van der Waals surface area contributed by atoms with E-state index in [1.54, 1.807) is 29.1 Å². The Bertz CT molecular complexity index is 1710. The van der Waals surface area contributed by atoms with Crippen LogP contribution in [0.1, 0.15) is 27.7 Å². The van der Waals surface area contributed by atoms with Crippen molar-refractivity contribution in [2.24, 2.45) is 0 Å². The Morgan fingerprint density at radius 2 is 1.98 bits per heavy atom. The zero-order valence-corrected chi connectivity index (χ0v) is 22.0. The van der Waals surface area contributed by atoms with Gasteiger partial charge < -0.3 is 20.2 Å². The molecule has 3 N–H and O–H groups in total. The van der Waals surface area contributed by atoms with Crippen LogP contribution in [-0.2, 0) is 4.74 Å². The molecule has 3 aromatic carbocycles. The molecule has 1 aliphatic rings. The zero-order valence-electron chi connectivity index (χ0n) is 22.0. The van der Waals surface area contributed by atoms with Gasteiger partial charge in [0.1, 0.15) is 30.4 Å². The van der Waals surface area contributed by atoms with Gasteiger partial charge in [-0.25, -0.2) is 18.3 Å². The third-order valence-electron chi connectivity index (χ3n) is 7.62. The Morgan fingerprint density at radius 1 is 1.15 bits per heavy atom. The Balaban J connectivity index is 1.30. The number of para-hydroxylation sites is 1. The fourth-order valence-corrected chi connectivity index (χ4v) is 5.31. The van der Waals surface area contributed by atoms with Gasteiger partial charge in [-0.2, -0.15) is 9.49 Å². The number of nitrogen functional groups attached to an aromatic ring is 1. The summed E-state index contributed by atoms with van der Waals surface area (Å²) in [5.74, 6) is -1.57. The summed E-state index contributed by atoms with van der Waals surface area (Å²) in [7, 11) is 1.90. The van der Waals surface area contributed by atoms with Crippen LogP contribution >= 0.6 is 0 Å². The summed E-state index contributed by atoms with van der Waals surface area (Å²) in [5.41, 5.74) is 10.2. The predicted octanol–water partition coefficient (Wildman–Crippen LogP) is 5.67. The highest BCUT2D eigenvalue weighted by molar-refractivity contribution is 5.94. The largest absolute Gasteiger partial charge is 0.454 e. The van der Waals surface area contributed by atoms with Crippen LogP contribution in [0.15, 0.2) is 72.9 Å². The van der Waals surface area contributed by atoms with Crippen molar-refractivity contribution in [2.75, 3.05) is 32.5 Å². The van der Waals surface area contributed by atoms with Crippen molar-refractivity contribution in [3.8, 4) is 17.2 Å². The smallest absolute Gasteiger partial charge is 0.362 e. The SMILES string of the molecule is Cc1cc(Oc2cccc(F)c2F)ccc1-n1ncc(C2COCC[N+]2(C)C(=O)c2cc3ccccc3[nH]2)c1N. The highest BCUT2D eigenvalue weighted by Crippen LogP contribution is 2.37. The van der Waals surface area contributed by atoms with Gasteiger partial charge >= 0.3 is 5.91 Å². The Morgan fingerprint density at radius 3 is 2.77 bits per heavy atom. The lowest BCUT2D eigenvalue weighted by Gasteiger charge is -2.41. The minimum atomic E-state index is -1.05. The van der Waals surface area contributed by atoms with Crippen molar-refractivity contribution < 1.29 is 27.5 Å². The number of ether oxygens (including phenoxy) is 2. The molecule has 8 nitrogen and oxygen atoms in total. The van der Waals surface area contributed by atoms with Crippen LogP contribution in [0, 0.1) is 18.6 Å². The van der Waals surface area contributed by atoms with Crippen molar-refractivity contribution in [1.29, 1.82) is 0 Å². The van der Waals surface area contributed by atoms with Crippen molar-refractivity contribution in [3.05, 3.63) is 101 Å². The first-order valence-corrected chi connectivity index (χ1v) is 12.9. The second-order valence-corrected chi connectivity index (χ2v) is 10.2. The van der Waals surface area contributed by atoms with Gasteiger partial charge in [0.2, 0.25) is 5.82 Å². The van der Waals surface area contributed by atoms with E-state index in [1.165, 1.54) is 12.1 Å². The van der Waals surface area contributed by atoms with E-state index >= 15 is 0 Å². The normalized spacial score (nSPS) is 19.1. The van der Waals surface area contributed by atoms with Crippen LogP contribution in [0.5, 0.6) is 11.5 Å². The maximum atomic E-state index is 14.1. The molecule has 0 radical (unpaired) electrons. The molecular formula is C30H28F2N5O3+. The number of carbonyl (C=O) groups excluding carboxylic acids is 1. The van der Waals surface area contributed by atoms with Crippen LogP contribution in [0.2, 0.25) is 0 Å². The lowest BCUT2D eigenvalue weighted by Crippen LogP contribution is -2.57. The summed E-state index contributed by atoms with van der Waals surface area (Å²) in [6.07, 6.45) is 1.68. The maximum absolute atomic E-state index is 14.1. The molecule has 0 saturated carbocycles. The molecule has 204 valence electrons. The number of nitrogens with zero attached hydrogens (tertiary/aromatic N) is 3. The number of aromatic nitrogens is 3. The molecule has 5 aromatic rings. The number of likely N-dealkylation sites (N-methyl/N-ethyl adjacent to an activating group) is 1. The number of rotatable bonds is 5. The number of carbonyl (C=O) groups is 1. The lowest BCUT2D eigenvalue weighted by atomic mass is 10.0. The predicted molar refractivity (Wildman–Crippen MR) is 146 cm³/mol. The average molecular weight is 545 g/mol. The summed E-state index contributed by atoms with van der Waals surface area (Å²) in [6.45, 7) is 3.07. The summed E-state index contributed by atoms with van der Waals surface area (Å²) < 4.78 is 40.7. The van der Waals surface area contributed by atoms with E-state index in [1.807, 2.05) is 44.3 Å². The molecule has 2 aromatic heterocycles. The molecule has 1 aliphatic heterocycles. The van der Waals surface area contributed by atoms with Crippen LogP contribution in [-0.4, -0.2) is 52.0 Å². The molecule has 1 saturated heterocycles. The number of quaternary nitrogens is 1. The van der Waals surface area contributed by atoms with E-state index in [9.17, 15) is 13.6 Å². The minimum Gasteiger partial charge on any atom is -0.454 e. The standard InChI is InChI=1S/C30H27F2N5O3/c1-18-14-20(40-27-9-5-7-22(31)28(27)32)10-11-25(18)36-29(33)21(16-34-36)26-17-39-13-12-37(26,2)30(38)24-15-19-6-3-4-8-23(19)35-24/h3-11,14-16,26H,12-13,17H2,1-2H3,(H2-,33,34,35,38)/p+1. The van der Waals surface area contributed by atoms with Crippen molar-refractivity contribution >= 4 is 22.6 Å². The molecule has 40 heavy (non-hydrogen) atoms. The van der Waals surface area contributed by atoms with Gasteiger partial charge in [0.25, 0.3) is 0 Å². The summed E-state index contributed by atoms with van der Waals surface area (Å²) in [6, 6.07) is 18.1. The number of amides is 1. The fourth-order valence-electron chi connectivity index (χ4n) is 5.31. The Labute approximate surface area is 229 Å². The van der Waals surface area contributed by atoms with Crippen LogP contribution in [0.25, 0.3) is 16.6 Å². The van der Waals surface area contributed by atoms with Crippen molar-refractivity contribution in [2.45, 2.75) is 13.0 Å². The lowest BCUT2D eigenvalue weighted by molar-refractivity contribution is -0.871. The molecule has 10 heteroatoms. The van der Waals surface area contributed by atoms with Gasteiger partial charge in [-0.1, -0.05) is 24.3 Å². The van der Waals surface area contributed by atoms with Gasteiger partial charge in [0.05, 0.1) is 31.1 Å². The first-order chi connectivity index (χ1) is 19.3. The number of nitrogens with two attached hydrogens (primary N) is 1. The molecule has 3 heterocycles. The number of aryl methyl sites for hydroxylation is 1. The molecule has 2 unspecified atom stereocenters. The number of anilines is 1. The van der Waals surface area contributed by atoms with E-state index in [4.69, 9.17) is 15.2 Å². The first-order valence-electron chi connectivity index (χ1n) is 12.9. The molecule has 0 bridgehead atoms. The molecular weight excluding hydrogens is 516 g/mol. The first kappa shape index (κ1) is 25.7. The topological polar surface area (TPSA) is 95.2 Å². The van der Waals surface area contributed by atoms with Gasteiger partial charge in [-0.15, -0.1) is 0 Å². The Hall–Kier alpha value is -4.54. The van der Waals surface area contributed by atoms with E-state index < -0.39 is 11.6 Å². The number of hydrogen-bond acceptors (Lipinski definition) is 5. The summed E-state index contributed by atoms with van der Waals surface area (Å²) in [4.78, 5) is 17.2. The number of fused-ring (bicyclic) bond motifs is 1. The quantitative estimate of drug-likeness (QED) is 0.278. The van der Waals surface area contributed by atoms with E-state index in [0.717, 1.165) is 22.5 Å². The van der Waals surface area contributed by atoms with E-state index in [-0.39, 0.29) is 22.2 Å². The molecule has 0 spiro atoms. The third-order valence-corrected chi connectivity index (χ3v) is 7.62. The summed E-state index contributed by atoms with van der Waals surface area (Å²) >= 11 is 0. The van der Waals surface area contributed by atoms with Crippen molar-refractivity contribution in [3.63, 3.8) is 0 Å². The number of H-pyrrole nitrogens is 1. The van der Waals surface area contributed by atoms with Crippen molar-refractivity contribution in [1.82, 2.24) is 14.8 Å². The molecule has 0 aliphatic carbocycles. The molecule has 6 rings (SSSR count). The Kier molecular flexibility index (Phi) is 6.36. The third kappa shape index (κ3) is 4.31. The number of halogens is 2. The maximum Gasteiger partial charge on any atom is 0.362 e. The monoisotopic (exact) mass is 544 g/mol. The number of morpholine rings is 1.